The summed E-state index contributed by atoms with van der Waals surface area (Å²) >= 11 is 11.3. The largest absolute Gasteiger partial charge is 0.338 e. The van der Waals surface area contributed by atoms with Gasteiger partial charge in [0.1, 0.15) is 11.5 Å². The van der Waals surface area contributed by atoms with Crippen molar-refractivity contribution >= 4 is 34.6 Å². The third-order valence-electron chi connectivity index (χ3n) is 3.79. The molecule has 0 saturated carbocycles. The number of hydrogen-bond acceptors (Lipinski definition) is 2. The fraction of sp³-hybridized carbons (Fsp3) is 0.188. The molecule has 0 radical (unpaired) electrons. The molecule has 0 bridgehead atoms. The molecule has 0 unspecified atom stereocenters. The van der Waals surface area contributed by atoms with Crippen molar-refractivity contribution in [2.24, 2.45) is 0 Å². The molecule has 6 heteroatoms. The van der Waals surface area contributed by atoms with Gasteiger partial charge in [0.15, 0.2) is 5.11 Å². The summed E-state index contributed by atoms with van der Waals surface area (Å²) < 4.78 is 14.0. The van der Waals surface area contributed by atoms with Gasteiger partial charge in [0, 0.05) is 5.02 Å². The van der Waals surface area contributed by atoms with Gasteiger partial charge in [0.25, 0.3) is 0 Å². The second-order valence-electron chi connectivity index (χ2n) is 5.09. The van der Waals surface area contributed by atoms with E-state index in [0.717, 1.165) is 12.0 Å². The summed E-state index contributed by atoms with van der Waals surface area (Å²) in [5.41, 5.74) is 4.09. The first-order chi connectivity index (χ1) is 10.6. The Hall–Kier alpha value is -1.69. The fourth-order valence-electron chi connectivity index (χ4n) is 2.55. The normalized spacial score (nSPS) is 21.0. The van der Waals surface area contributed by atoms with Gasteiger partial charge in [-0.2, -0.15) is 5.43 Å². The molecule has 1 aliphatic rings. The highest BCUT2D eigenvalue weighted by molar-refractivity contribution is 7.80. The minimum Gasteiger partial charge on any atom is -0.338 e. The summed E-state index contributed by atoms with van der Waals surface area (Å²) in [7, 11) is 0. The van der Waals surface area contributed by atoms with E-state index in [4.69, 9.17) is 23.8 Å². The van der Waals surface area contributed by atoms with Gasteiger partial charge in [-0.3, -0.25) is 0 Å². The van der Waals surface area contributed by atoms with Crippen LogP contribution in [0.15, 0.2) is 48.5 Å². The summed E-state index contributed by atoms with van der Waals surface area (Å²) in [6.07, 6.45) is 0.722. The number of hydrogen-bond donors (Lipinski definition) is 2. The van der Waals surface area contributed by atoms with Gasteiger partial charge in [0.2, 0.25) is 0 Å². The molecule has 0 amide bonds. The average Bonchev–Trinajstić information content (AvgIpc) is 2.86. The Bertz CT molecular complexity index is 707. The highest BCUT2D eigenvalue weighted by Gasteiger charge is 2.41. The van der Waals surface area contributed by atoms with E-state index in [1.54, 1.807) is 23.2 Å². The van der Waals surface area contributed by atoms with Crippen molar-refractivity contribution in [3.05, 3.63) is 64.9 Å². The number of anilines is 1. The van der Waals surface area contributed by atoms with Crippen LogP contribution in [-0.4, -0.2) is 5.11 Å². The Morgan fingerprint density at radius 3 is 2.50 bits per heavy atom. The van der Waals surface area contributed by atoms with Gasteiger partial charge in [0.05, 0.1) is 5.69 Å². The Kier molecular flexibility index (Phi) is 4.04. The number of benzene rings is 2. The maximum atomic E-state index is 14.0. The summed E-state index contributed by atoms with van der Waals surface area (Å²) in [6, 6.07) is 14.0. The molecule has 2 N–H and O–H groups in total. The van der Waals surface area contributed by atoms with Crippen molar-refractivity contribution in [3.8, 4) is 0 Å². The maximum absolute atomic E-state index is 14.0. The maximum Gasteiger partial charge on any atom is 0.190 e. The molecule has 114 valence electrons. The van der Waals surface area contributed by atoms with Crippen LogP contribution < -0.4 is 15.8 Å². The van der Waals surface area contributed by atoms with Gasteiger partial charge in [-0.1, -0.05) is 42.8 Å². The second-order valence-corrected chi connectivity index (χ2v) is 5.92. The predicted octanol–water partition coefficient (Wildman–Crippen LogP) is 3.94. The molecule has 3 rings (SSSR count). The third-order valence-corrected chi connectivity index (χ3v) is 4.32. The number of rotatable bonds is 3. The van der Waals surface area contributed by atoms with Gasteiger partial charge in [-0.05, 0) is 48.5 Å². The van der Waals surface area contributed by atoms with Crippen molar-refractivity contribution in [3.63, 3.8) is 0 Å². The summed E-state index contributed by atoms with van der Waals surface area (Å²) in [4.78, 5) is 0. The minimum atomic E-state index is -0.579. The van der Waals surface area contributed by atoms with Crippen molar-refractivity contribution in [1.29, 1.82) is 0 Å². The van der Waals surface area contributed by atoms with Crippen LogP contribution in [0.3, 0.4) is 0 Å². The van der Waals surface area contributed by atoms with E-state index in [9.17, 15) is 4.39 Å². The topological polar surface area (TPSA) is 27.3 Å². The smallest absolute Gasteiger partial charge is 0.190 e. The fourth-order valence-corrected chi connectivity index (χ4v) is 3.00. The lowest BCUT2D eigenvalue weighted by molar-refractivity contribution is 0.336. The number of nitrogens with zero attached hydrogens (tertiary/aromatic N) is 1. The summed E-state index contributed by atoms with van der Waals surface area (Å²) in [5.74, 6) is -0.331. The Labute approximate surface area is 139 Å². The van der Waals surface area contributed by atoms with Crippen LogP contribution in [0.4, 0.5) is 10.1 Å². The molecule has 22 heavy (non-hydrogen) atoms. The van der Waals surface area contributed by atoms with E-state index in [0.29, 0.717) is 15.8 Å². The van der Waals surface area contributed by atoms with E-state index in [2.05, 4.69) is 10.7 Å². The molecule has 1 fully saturated rings. The lowest BCUT2D eigenvalue weighted by Gasteiger charge is -2.29. The molecule has 1 aliphatic heterocycles. The lowest BCUT2D eigenvalue weighted by atomic mass is 9.98. The van der Waals surface area contributed by atoms with Crippen LogP contribution in [0.2, 0.25) is 5.02 Å². The zero-order chi connectivity index (χ0) is 15.7. The van der Waals surface area contributed by atoms with Gasteiger partial charge in [-0.15, -0.1) is 0 Å². The number of para-hydroxylation sites is 1. The quantitative estimate of drug-likeness (QED) is 0.831. The van der Waals surface area contributed by atoms with Crippen LogP contribution in [0.5, 0.6) is 0 Å². The summed E-state index contributed by atoms with van der Waals surface area (Å²) in [5, 5.41) is 5.94. The Balaban J connectivity index is 1.98. The first-order valence-corrected chi connectivity index (χ1v) is 7.75. The predicted molar refractivity (Wildman–Crippen MR) is 91.2 cm³/mol. The zero-order valence-electron chi connectivity index (χ0n) is 11.9. The summed E-state index contributed by atoms with van der Waals surface area (Å²) in [6.45, 7) is 2.03. The first-order valence-electron chi connectivity index (χ1n) is 6.96. The SMILES string of the molecule is CC[C@@]1(c2ccc(Cl)cc2)NC(=S)N(c2ccccc2F)N1. The molecule has 3 nitrogen and oxygen atoms in total. The van der Waals surface area contributed by atoms with E-state index in [1.165, 1.54) is 6.07 Å². The monoisotopic (exact) mass is 335 g/mol. The van der Waals surface area contributed by atoms with Crippen molar-refractivity contribution in [2.75, 3.05) is 5.01 Å². The van der Waals surface area contributed by atoms with Gasteiger partial charge < -0.3 is 5.32 Å². The van der Waals surface area contributed by atoms with E-state index in [-0.39, 0.29) is 5.82 Å². The van der Waals surface area contributed by atoms with Crippen LogP contribution in [0, 0.1) is 5.82 Å². The number of thiocarbonyl (C=S) groups is 1. The highest BCUT2D eigenvalue weighted by atomic mass is 35.5. The zero-order valence-corrected chi connectivity index (χ0v) is 13.5. The molecule has 0 aliphatic carbocycles. The van der Waals surface area contributed by atoms with Crippen LogP contribution >= 0.6 is 23.8 Å². The number of halogens is 2. The van der Waals surface area contributed by atoms with Crippen LogP contribution in [0.1, 0.15) is 18.9 Å². The van der Waals surface area contributed by atoms with E-state index >= 15 is 0 Å². The van der Waals surface area contributed by atoms with Crippen LogP contribution in [-0.2, 0) is 5.66 Å². The molecule has 1 saturated heterocycles. The lowest BCUT2D eigenvalue weighted by Crippen LogP contribution is -2.48. The molecule has 0 aromatic heterocycles. The molecule has 0 spiro atoms. The van der Waals surface area contributed by atoms with E-state index in [1.807, 2.05) is 31.2 Å². The van der Waals surface area contributed by atoms with Crippen molar-refractivity contribution in [1.82, 2.24) is 10.7 Å². The molecular weight excluding hydrogens is 321 g/mol. The van der Waals surface area contributed by atoms with E-state index < -0.39 is 5.66 Å². The van der Waals surface area contributed by atoms with Crippen LogP contribution in [0.25, 0.3) is 0 Å². The van der Waals surface area contributed by atoms with Crippen molar-refractivity contribution in [2.45, 2.75) is 19.0 Å². The van der Waals surface area contributed by atoms with Gasteiger partial charge >= 0.3 is 0 Å². The molecule has 1 atom stereocenters. The molecule has 2 aromatic carbocycles. The van der Waals surface area contributed by atoms with Gasteiger partial charge in [-0.25, -0.2) is 9.40 Å². The third kappa shape index (κ3) is 2.56. The second kappa shape index (κ2) is 5.83. The number of hydrazine groups is 1. The first kappa shape index (κ1) is 15.2. The minimum absolute atomic E-state index is 0.331. The number of nitrogens with one attached hydrogen (secondary N) is 2. The Morgan fingerprint density at radius 2 is 1.86 bits per heavy atom. The molecule has 2 aromatic rings. The Morgan fingerprint density at radius 1 is 1.18 bits per heavy atom. The standard InChI is InChI=1S/C16H15ClFN3S/c1-2-16(11-7-9-12(17)10-8-11)19-15(22)21(20-16)14-6-4-3-5-13(14)18/h3-10,20H,2H2,1H3,(H,19,22)/t16-/m1/s1. The highest BCUT2D eigenvalue weighted by Crippen LogP contribution is 2.31. The molecule has 1 heterocycles. The average molecular weight is 336 g/mol. The van der Waals surface area contributed by atoms with Crippen molar-refractivity contribution < 1.29 is 4.39 Å². The molecular formula is C16H15ClFN3S.